The van der Waals surface area contributed by atoms with Crippen molar-refractivity contribution in [1.29, 1.82) is 0 Å². The van der Waals surface area contributed by atoms with Crippen LogP contribution in [-0.4, -0.2) is 25.8 Å². The summed E-state index contributed by atoms with van der Waals surface area (Å²) in [7, 11) is 3.19. The Morgan fingerprint density at radius 1 is 1.57 bits per heavy atom. The van der Waals surface area contributed by atoms with E-state index in [1.807, 2.05) is 0 Å². The number of methoxy groups -OCH3 is 2. The quantitative estimate of drug-likeness (QED) is 0.892. The van der Waals surface area contributed by atoms with Gasteiger partial charge in [-0.15, -0.1) is 0 Å². The molecule has 1 aromatic heterocycles. The first-order chi connectivity index (χ1) is 6.69. The van der Waals surface area contributed by atoms with E-state index in [2.05, 4.69) is 20.9 Å². The number of hydrogen-bond acceptors (Lipinski definition) is 4. The molecule has 1 rings (SSSR count). The van der Waals surface area contributed by atoms with Crippen LogP contribution in [0, 0.1) is 0 Å². The van der Waals surface area contributed by atoms with Crippen molar-refractivity contribution < 1.29 is 9.47 Å². The van der Waals surface area contributed by atoms with Gasteiger partial charge in [0.1, 0.15) is 0 Å². The van der Waals surface area contributed by atoms with E-state index < -0.39 is 0 Å². The molecular formula is C9H13BrN2O2. The van der Waals surface area contributed by atoms with Crippen molar-refractivity contribution in [1.82, 2.24) is 4.98 Å². The third-order valence-electron chi connectivity index (χ3n) is 1.81. The van der Waals surface area contributed by atoms with E-state index in [0.717, 1.165) is 10.0 Å². The Hall–Kier alpha value is -0.650. The largest absolute Gasteiger partial charge is 0.481 e. The normalized spacial score (nSPS) is 12.6. The average molecular weight is 261 g/mol. The van der Waals surface area contributed by atoms with Crippen molar-refractivity contribution in [3.8, 4) is 5.88 Å². The molecule has 14 heavy (non-hydrogen) atoms. The summed E-state index contributed by atoms with van der Waals surface area (Å²) in [5.74, 6) is 0.551. The van der Waals surface area contributed by atoms with Crippen LogP contribution in [0.3, 0.4) is 0 Å². The second-order valence-corrected chi connectivity index (χ2v) is 3.66. The molecule has 1 unspecified atom stereocenters. The van der Waals surface area contributed by atoms with E-state index in [9.17, 15) is 0 Å². The summed E-state index contributed by atoms with van der Waals surface area (Å²) >= 11 is 3.38. The Morgan fingerprint density at radius 3 is 2.86 bits per heavy atom. The molecule has 0 spiro atoms. The predicted octanol–water partition coefficient (Wildman–Crippen LogP) is 1.50. The van der Waals surface area contributed by atoms with Crippen LogP contribution >= 0.6 is 15.9 Å². The first-order valence-electron chi connectivity index (χ1n) is 4.13. The molecule has 0 aliphatic rings. The smallest absolute Gasteiger partial charge is 0.213 e. The van der Waals surface area contributed by atoms with Crippen molar-refractivity contribution in [2.75, 3.05) is 20.8 Å². The summed E-state index contributed by atoms with van der Waals surface area (Å²) in [6.45, 7) is 0.464. The molecule has 2 N–H and O–H groups in total. The van der Waals surface area contributed by atoms with Crippen LogP contribution in [0.15, 0.2) is 16.7 Å². The molecule has 4 nitrogen and oxygen atoms in total. The van der Waals surface area contributed by atoms with Gasteiger partial charge in [-0.3, -0.25) is 0 Å². The summed E-state index contributed by atoms with van der Waals surface area (Å²) in [5.41, 5.74) is 6.82. The molecule has 0 aliphatic heterocycles. The minimum atomic E-state index is -0.175. The third kappa shape index (κ3) is 2.67. The molecule has 5 heteroatoms. The highest BCUT2D eigenvalue weighted by molar-refractivity contribution is 9.10. The first kappa shape index (κ1) is 11.4. The second-order valence-electron chi connectivity index (χ2n) is 2.81. The Morgan fingerprint density at radius 2 is 2.29 bits per heavy atom. The Kier molecular flexibility index (Phi) is 4.31. The maximum Gasteiger partial charge on any atom is 0.213 e. The summed E-state index contributed by atoms with van der Waals surface area (Å²) in [6.07, 6.45) is 1.67. The van der Waals surface area contributed by atoms with Gasteiger partial charge in [0.15, 0.2) is 0 Å². The van der Waals surface area contributed by atoms with Crippen molar-refractivity contribution in [3.63, 3.8) is 0 Å². The fourth-order valence-corrected chi connectivity index (χ4v) is 1.61. The molecule has 0 saturated carbocycles. The van der Waals surface area contributed by atoms with Gasteiger partial charge >= 0.3 is 0 Å². The number of nitrogens with two attached hydrogens (primary N) is 1. The third-order valence-corrected chi connectivity index (χ3v) is 2.48. The van der Waals surface area contributed by atoms with E-state index in [0.29, 0.717) is 12.5 Å². The fourth-order valence-electron chi connectivity index (χ4n) is 1.10. The topological polar surface area (TPSA) is 57.4 Å². The molecule has 78 valence electrons. The fraction of sp³-hybridized carbons (Fsp3) is 0.444. The van der Waals surface area contributed by atoms with Crippen molar-refractivity contribution >= 4 is 15.9 Å². The lowest BCUT2D eigenvalue weighted by molar-refractivity contribution is 0.180. The SMILES string of the molecule is COCC(N)c1cc(OC)ncc1Br. The van der Waals surface area contributed by atoms with E-state index in [-0.39, 0.29) is 6.04 Å². The van der Waals surface area contributed by atoms with Gasteiger partial charge in [-0.25, -0.2) is 4.98 Å². The summed E-state index contributed by atoms with van der Waals surface area (Å²) in [5, 5.41) is 0. The van der Waals surface area contributed by atoms with Gasteiger partial charge in [0, 0.05) is 23.8 Å². The molecule has 0 aliphatic carbocycles. The molecule has 0 aromatic carbocycles. The Balaban J connectivity index is 2.93. The van der Waals surface area contributed by atoms with E-state index in [4.69, 9.17) is 15.2 Å². The molecule has 1 aromatic rings. The standard InChI is InChI=1S/C9H13BrN2O2/c1-13-5-8(11)6-3-9(14-2)12-4-7(6)10/h3-4,8H,5,11H2,1-2H3. The zero-order valence-corrected chi connectivity index (χ0v) is 9.74. The van der Waals surface area contributed by atoms with Gasteiger partial charge in [-0.05, 0) is 21.5 Å². The van der Waals surface area contributed by atoms with E-state index in [1.54, 1.807) is 26.5 Å². The minimum absolute atomic E-state index is 0.175. The van der Waals surface area contributed by atoms with Gasteiger partial charge in [0.2, 0.25) is 5.88 Å². The average Bonchev–Trinajstić information content (AvgIpc) is 2.19. The van der Waals surface area contributed by atoms with Gasteiger partial charge < -0.3 is 15.2 Å². The minimum Gasteiger partial charge on any atom is -0.481 e. The van der Waals surface area contributed by atoms with E-state index >= 15 is 0 Å². The maximum absolute atomic E-state index is 5.89. The van der Waals surface area contributed by atoms with Crippen LogP contribution in [0.5, 0.6) is 5.88 Å². The van der Waals surface area contributed by atoms with Crippen LogP contribution < -0.4 is 10.5 Å². The molecule has 1 heterocycles. The lowest BCUT2D eigenvalue weighted by atomic mass is 10.1. The lowest BCUT2D eigenvalue weighted by Gasteiger charge is -2.13. The number of hydrogen-bond donors (Lipinski definition) is 1. The number of aromatic nitrogens is 1. The van der Waals surface area contributed by atoms with Crippen molar-refractivity contribution in [2.45, 2.75) is 6.04 Å². The first-order valence-corrected chi connectivity index (χ1v) is 4.92. The van der Waals surface area contributed by atoms with Crippen LogP contribution in [0.25, 0.3) is 0 Å². The van der Waals surface area contributed by atoms with Crippen molar-refractivity contribution in [2.24, 2.45) is 5.73 Å². The number of rotatable bonds is 4. The molecule has 0 fully saturated rings. The van der Waals surface area contributed by atoms with E-state index in [1.165, 1.54) is 0 Å². The van der Waals surface area contributed by atoms with Crippen LogP contribution in [-0.2, 0) is 4.74 Å². The summed E-state index contributed by atoms with van der Waals surface area (Å²) < 4.78 is 10.9. The molecular weight excluding hydrogens is 248 g/mol. The molecule has 1 atom stereocenters. The summed E-state index contributed by atoms with van der Waals surface area (Å²) in [6, 6.07) is 1.62. The van der Waals surface area contributed by atoms with Crippen LogP contribution in [0.2, 0.25) is 0 Å². The molecule has 0 bridgehead atoms. The molecule has 0 radical (unpaired) electrons. The zero-order valence-electron chi connectivity index (χ0n) is 8.16. The van der Waals surface area contributed by atoms with Crippen LogP contribution in [0.4, 0.5) is 0 Å². The Bertz CT molecular complexity index is 307. The highest BCUT2D eigenvalue weighted by atomic mass is 79.9. The monoisotopic (exact) mass is 260 g/mol. The summed E-state index contributed by atoms with van der Waals surface area (Å²) in [4.78, 5) is 4.03. The second kappa shape index (κ2) is 5.29. The molecule has 0 saturated heterocycles. The number of pyridine rings is 1. The van der Waals surface area contributed by atoms with Gasteiger partial charge in [-0.1, -0.05) is 0 Å². The number of ether oxygens (including phenoxy) is 2. The molecule has 0 amide bonds. The predicted molar refractivity (Wildman–Crippen MR) is 57.3 cm³/mol. The van der Waals surface area contributed by atoms with Crippen LogP contribution in [0.1, 0.15) is 11.6 Å². The Labute approximate surface area is 91.5 Å². The van der Waals surface area contributed by atoms with Gasteiger partial charge in [0.05, 0.1) is 19.8 Å². The highest BCUT2D eigenvalue weighted by Crippen LogP contribution is 2.24. The van der Waals surface area contributed by atoms with Gasteiger partial charge in [-0.2, -0.15) is 0 Å². The van der Waals surface area contributed by atoms with Crippen molar-refractivity contribution in [3.05, 3.63) is 22.3 Å². The maximum atomic E-state index is 5.89. The number of nitrogens with zero attached hydrogens (tertiary/aromatic N) is 1. The lowest BCUT2D eigenvalue weighted by Crippen LogP contribution is -2.16. The number of halogens is 1. The highest BCUT2D eigenvalue weighted by Gasteiger charge is 2.11. The van der Waals surface area contributed by atoms with Gasteiger partial charge in [0.25, 0.3) is 0 Å². The zero-order chi connectivity index (χ0) is 10.6.